The fraction of sp³-hybridized carbons (Fsp3) is 0.462. The quantitative estimate of drug-likeness (QED) is 0.696. The summed E-state index contributed by atoms with van der Waals surface area (Å²) in [4.78, 5) is 26.0. The number of carboxylic acids is 1. The number of ether oxygens (including phenoxy) is 2. The van der Waals surface area contributed by atoms with Crippen LogP contribution in [0.4, 0.5) is 14.9 Å². The lowest BCUT2D eigenvalue weighted by atomic mass is 10.2. The van der Waals surface area contributed by atoms with Crippen molar-refractivity contribution in [3.63, 3.8) is 0 Å². The average Bonchev–Trinajstić information content (AvgIpc) is 2.36. The number of aromatic nitrogens is 1. The van der Waals surface area contributed by atoms with Crippen molar-refractivity contribution in [3.05, 3.63) is 18.2 Å². The van der Waals surface area contributed by atoms with Crippen molar-refractivity contribution in [3.8, 4) is 5.75 Å². The van der Waals surface area contributed by atoms with Crippen LogP contribution in [0.25, 0.3) is 0 Å². The van der Waals surface area contributed by atoms with Gasteiger partial charge in [-0.1, -0.05) is 0 Å². The molecule has 8 nitrogen and oxygen atoms in total. The highest BCUT2D eigenvalue weighted by Gasteiger charge is 2.25. The number of nitrogen functional groups attached to an aromatic ring is 1. The number of hydrogen-bond donors (Lipinski definition) is 3. The van der Waals surface area contributed by atoms with E-state index in [-0.39, 0.29) is 11.4 Å². The van der Waals surface area contributed by atoms with Gasteiger partial charge in [0.25, 0.3) is 0 Å². The maximum Gasteiger partial charge on any atom is 0.408 e. The first-order chi connectivity index (χ1) is 10.1. The highest BCUT2D eigenvalue weighted by atomic mass is 19.1. The Bertz CT molecular complexity index is 559. The third-order valence-corrected chi connectivity index (χ3v) is 2.30. The molecule has 0 fully saturated rings. The molecule has 0 radical (unpaired) electrons. The Morgan fingerprint density at radius 2 is 2.14 bits per heavy atom. The van der Waals surface area contributed by atoms with E-state index in [4.69, 9.17) is 20.3 Å². The van der Waals surface area contributed by atoms with Crippen molar-refractivity contribution in [2.45, 2.75) is 32.4 Å². The number of alkyl carbamates (subject to hydrolysis) is 1. The van der Waals surface area contributed by atoms with Crippen LogP contribution in [0.2, 0.25) is 0 Å². The first-order valence-electron chi connectivity index (χ1n) is 6.35. The lowest BCUT2D eigenvalue weighted by Gasteiger charge is -2.22. The molecule has 1 rings (SSSR count). The van der Waals surface area contributed by atoms with E-state index in [1.807, 2.05) is 0 Å². The first kappa shape index (κ1) is 17.5. The Morgan fingerprint density at radius 1 is 1.50 bits per heavy atom. The van der Waals surface area contributed by atoms with Gasteiger partial charge in [-0.05, 0) is 20.8 Å². The van der Waals surface area contributed by atoms with Crippen LogP contribution >= 0.6 is 0 Å². The number of carbonyl (C=O) groups is 2. The van der Waals surface area contributed by atoms with Gasteiger partial charge in [0, 0.05) is 12.3 Å². The van der Waals surface area contributed by atoms with Crippen LogP contribution in [0.5, 0.6) is 5.75 Å². The minimum atomic E-state index is -1.38. The van der Waals surface area contributed by atoms with Gasteiger partial charge in [0.15, 0.2) is 6.04 Å². The van der Waals surface area contributed by atoms with Crippen molar-refractivity contribution in [1.82, 2.24) is 10.3 Å². The smallest absolute Gasteiger partial charge is 0.408 e. The number of pyridine rings is 1. The molecule has 1 amide bonds. The highest BCUT2D eigenvalue weighted by Crippen LogP contribution is 2.22. The molecule has 0 aliphatic rings. The highest BCUT2D eigenvalue weighted by molar-refractivity contribution is 5.80. The molecule has 0 aromatic carbocycles. The Morgan fingerprint density at radius 3 is 2.68 bits per heavy atom. The molecular formula is C13H18FN3O5. The van der Waals surface area contributed by atoms with E-state index in [0.717, 1.165) is 6.20 Å². The van der Waals surface area contributed by atoms with Crippen LogP contribution in [-0.2, 0) is 9.53 Å². The van der Waals surface area contributed by atoms with Gasteiger partial charge in [0.2, 0.25) is 5.95 Å². The van der Waals surface area contributed by atoms with E-state index < -0.39 is 36.3 Å². The molecule has 0 spiro atoms. The normalized spacial score (nSPS) is 12.4. The summed E-state index contributed by atoms with van der Waals surface area (Å²) in [6, 6.07) is -0.101. The number of hydrogen-bond acceptors (Lipinski definition) is 6. The maximum atomic E-state index is 13.1. The second-order valence-corrected chi connectivity index (χ2v) is 5.36. The van der Waals surface area contributed by atoms with Gasteiger partial charge in [0.1, 0.15) is 23.6 Å². The van der Waals surface area contributed by atoms with E-state index >= 15 is 0 Å². The first-order valence-corrected chi connectivity index (χ1v) is 6.35. The number of amides is 1. The summed E-state index contributed by atoms with van der Waals surface area (Å²) < 4.78 is 23.2. The summed E-state index contributed by atoms with van der Waals surface area (Å²) >= 11 is 0. The number of rotatable bonds is 5. The number of nitrogens with zero attached hydrogens (tertiary/aromatic N) is 1. The maximum absolute atomic E-state index is 13.1. The van der Waals surface area contributed by atoms with Crippen LogP contribution in [0, 0.1) is 5.95 Å². The number of carboxylic acid groups (broad SMARTS) is 1. The number of carbonyl (C=O) groups excluding carboxylic acids is 1. The largest absolute Gasteiger partial charge is 0.488 e. The van der Waals surface area contributed by atoms with Crippen molar-refractivity contribution < 1.29 is 28.6 Å². The average molecular weight is 315 g/mol. The van der Waals surface area contributed by atoms with E-state index in [9.17, 15) is 14.0 Å². The number of halogens is 1. The van der Waals surface area contributed by atoms with E-state index in [0.29, 0.717) is 0 Å². The zero-order valence-corrected chi connectivity index (χ0v) is 12.4. The number of nitrogens with two attached hydrogens (primary N) is 1. The Balaban J connectivity index is 2.67. The zero-order valence-electron chi connectivity index (χ0n) is 12.4. The predicted octanol–water partition coefficient (Wildman–Crippen LogP) is 1.16. The second kappa shape index (κ2) is 6.92. The van der Waals surface area contributed by atoms with Gasteiger partial charge in [-0.25, -0.2) is 14.6 Å². The molecule has 1 aromatic heterocycles. The fourth-order valence-electron chi connectivity index (χ4n) is 1.35. The van der Waals surface area contributed by atoms with Gasteiger partial charge >= 0.3 is 12.1 Å². The third kappa shape index (κ3) is 5.43. The van der Waals surface area contributed by atoms with Gasteiger partial charge in [-0.3, -0.25) is 0 Å². The van der Waals surface area contributed by atoms with Crippen LogP contribution < -0.4 is 15.8 Å². The van der Waals surface area contributed by atoms with Crippen molar-refractivity contribution in [2.24, 2.45) is 0 Å². The number of anilines is 1. The molecule has 122 valence electrons. The van der Waals surface area contributed by atoms with Crippen molar-refractivity contribution in [2.75, 3.05) is 12.3 Å². The van der Waals surface area contributed by atoms with E-state index in [1.54, 1.807) is 20.8 Å². The SMILES string of the molecule is CC(C)(C)OC(=O)N[C@@H](COc1ccnc(F)c1N)C(=O)O. The van der Waals surface area contributed by atoms with Crippen LogP contribution in [0.1, 0.15) is 20.8 Å². The van der Waals surface area contributed by atoms with Crippen LogP contribution in [-0.4, -0.2) is 40.4 Å². The summed E-state index contributed by atoms with van der Waals surface area (Å²) in [6.07, 6.45) is 0.218. The molecule has 4 N–H and O–H groups in total. The summed E-state index contributed by atoms with van der Waals surface area (Å²) in [5.41, 5.74) is 4.29. The van der Waals surface area contributed by atoms with Gasteiger partial charge in [-0.15, -0.1) is 0 Å². The van der Waals surface area contributed by atoms with E-state index in [1.165, 1.54) is 6.07 Å². The molecule has 0 saturated carbocycles. The van der Waals surface area contributed by atoms with Crippen LogP contribution in [0.3, 0.4) is 0 Å². The van der Waals surface area contributed by atoms with Gasteiger partial charge < -0.3 is 25.6 Å². The minimum Gasteiger partial charge on any atom is -0.488 e. The minimum absolute atomic E-state index is 0.0651. The Hall–Kier alpha value is -2.58. The molecule has 0 aliphatic carbocycles. The van der Waals surface area contributed by atoms with Gasteiger partial charge in [-0.2, -0.15) is 4.39 Å². The van der Waals surface area contributed by atoms with E-state index in [2.05, 4.69) is 10.3 Å². The zero-order chi connectivity index (χ0) is 16.9. The Kier molecular flexibility index (Phi) is 5.50. The lowest BCUT2D eigenvalue weighted by molar-refractivity contribution is -0.140. The molecule has 1 aromatic rings. The van der Waals surface area contributed by atoms with Crippen LogP contribution in [0.15, 0.2) is 12.3 Å². The molecule has 0 bridgehead atoms. The molecule has 9 heteroatoms. The lowest BCUT2D eigenvalue weighted by Crippen LogP contribution is -2.46. The van der Waals surface area contributed by atoms with Gasteiger partial charge in [0.05, 0.1) is 0 Å². The summed E-state index contributed by atoms with van der Waals surface area (Å²) in [6.45, 7) is 4.46. The number of aliphatic carboxylic acids is 1. The molecule has 0 saturated heterocycles. The summed E-state index contributed by atoms with van der Waals surface area (Å²) in [7, 11) is 0. The molecule has 22 heavy (non-hydrogen) atoms. The number of nitrogens with one attached hydrogen (secondary N) is 1. The molecular weight excluding hydrogens is 297 g/mol. The topological polar surface area (TPSA) is 124 Å². The summed E-state index contributed by atoms with van der Waals surface area (Å²) in [5, 5.41) is 11.2. The standard InChI is InChI=1S/C13H18FN3O5/c1-13(2,3)22-12(20)17-7(11(18)19)6-21-8-4-5-16-10(14)9(8)15/h4-5,7H,6,15H2,1-3H3,(H,17,20)(H,18,19)/t7-/m0/s1. The molecule has 1 atom stereocenters. The van der Waals surface area contributed by atoms with Crippen molar-refractivity contribution in [1.29, 1.82) is 0 Å². The third-order valence-electron chi connectivity index (χ3n) is 2.30. The molecule has 0 aliphatic heterocycles. The molecule has 0 unspecified atom stereocenters. The predicted molar refractivity (Wildman–Crippen MR) is 74.9 cm³/mol. The van der Waals surface area contributed by atoms with Crippen molar-refractivity contribution >= 4 is 17.7 Å². The second-order valence-electron chi connectivity index (χ2n) is 5.36. The summed E-state index contributed by atoms with van der Waals surface area (Å²) in [5.74, 6) is -2.33. The molecule has 1 heterocycles. The Labute approximate surface area is 126 Å². The monoisotopic (exact) mass is 315 g/mol. The fourth-order valence-corrected chi connectivity index (χ4v) is 1.35.